The molecule has 0 aliphatic carbocycles. The normalized spacial score (nSPS) is 24.0. The molecule has 2 aliphatic rings. The standard InChI is InChI=1S/C15H25N5O3S/c1-12-10-14(16-3-4-20-5-7-23-8-6-20)19-15(17-12)18-13-2-9-24(21,22)11-13/h10,13H,2-9,11H2,1H3,(H2,16,17,18,19). The lowest BCUT2D eigenvalue weighted by Crippen LogP contribution is -2.39. The van der Waals surface area contributed by atoms with Crippen molar-refractivity contribution < 1.29 is 13.2 Å². The highest BCUT2D eigenvalue weighted by atomic mass is 32.2. The SMILES string of the molecule is Cc1cc(NCCN2CCOCC2)nc(NC2CCS(=O)(=O)C2)n1. The van der Waals surface area contributed by atoms with Gasteiger partial charge in [0.25, 0.3) is 0 Å². The maximum atomic E-state index is 11.6. The van der Waals surface area contributed by atoms with E-state index in [4.69, 9.17) is 4.74 Å². The minimum absolute atomic E-state index is 0.0991. The van der Waals surface area contributed by atoms with E-state index in [0.717, 1.165) is 50.9 Å². The minimum atomic E-state index is -2.91. The molecule has 3 rings (SSSR count). The zero-order valence-corrected chi connectivity index (χ0v) is 14.8. The smallest absolute Gasteiger partial charge is 0.225 e. The van der Waals surface area contributed by atoms with Crippen molar-refractivity contribution in [3.05, 3.63) is 11.8 Å². The van der Waals surface area contributed by atoms with Crippen LogP contribution in [0, 0.1) is 6.92 Å². The van der Waals surface area contributed by atoms with Crippen LogP contribution in [0.4, 0.5) is 11.8 Å². The molecule has 1 atom stereocenters. The van der Waals surface area contributed by atoms with Crippen molar-refractivity contribution in [3.8, 4) is 0 Å². The first-order valence-electron chi connectivity index (χ1n) is 8.37. The molecule has 1 aromatic heterocycles. The molecular formula is C15H25N5O3S. The lowest BCUT2D eigenvalue weighted by atomic mass is 10.3. The molecule has 2 saturated heterocycles. The summed E-state index contributed by atoms with van der Waals surface area (Å²) in [6.07, 6.45) is 0.611. The molecule has 2 fully saturated rings. The van der Waals surface area contributed by atoms with Gasteiger partial charge in [-0.3, -0.25) is 4.90 Å². The van der Waals surface area contributed by atoms with E-state index in [1.807, 2.05) is 13.0 Å². The first kappa shape index (κ1) is 17.4. The van der Waals surface area contributed by atoms with Gasteiger partial charge in [0, 0.05) is 44.0 Å². The Kier molecular flexibility index (Phi) is 5.52. The first-order valence-corrected chi connectivity index (χ1v) is 10.2. The Morgan fingerprint density at radius 3 is 2.83 bits per heavy atom. The van der Waals surface area contributed by atoms with E-state index in [1.54, 1.807) is 0 Å². The molecule has 2 N–H and O–H groups in total. The summed E-state index contributed by atoms with van der Waals surface area (Å²) < 4.78 is 28.4. The van der Waals surface area contributed by atoms with Crippen LogP contribution in [-0.4, -0.2) is 80.2 Å². The molecule has 2 aliphatic heterocycles. The first-order chi connectivity index (χ1) is 11.5. The van der Waals surface area contributed by atoms with Gasteiger partial charge < -0.3 is 15.4 Å². The average molecular weight is 355 g/mol. The fourth-order valence-corrected chi connectivity index (χ4v) is 4.66. The molecular weight excluding hydrogens is 330 g/mol. The van der Waals surface area contributed by atoms with E-state index in [-0.39, 0.29) is 17.5 Å². The van der Waals surface area contributed by atoms with Crippen LogP contribution in [0.15, 0.2) is 6.07 Å². The van der Waals surface area contributed by atoms with Gasteiger partial charge in [-0.2, -0.15) is 4.98 Å². The number of aryl methyl sites for hydroxylation is 1. The average Bonchev–Trinajstić information content (AvgIpc) is 2.86. The van der Waals surface area contributed by atoms with Crippen LogP contribution in [0.1, 0.15) is 12.1 Å². The van der Waals surface area contributed by atoms with E-state index >= 15 is 0 Å². The summed E-state index contributed by atoms with van der Waals surface area (Å²) in [6.45, 7) is 7.17. The molecule has 134 valence electrons. The number of hydrogen-bond acceptors (Lipinski definition) is 8. The third kappa shape index (κ3) is 5.02. The maximum absolute atomic E-state index is 11.6. The largest absolute Gasteiger partial charge is 0.379 e. The fraction of sp³-hybridized carbons (Fsp3) is 0.733. The number of sulfone groups is 1. The van der Waals surface area contributed by atoms with Gasteiger partial charge in [-0.05, 0) is 13.3 Å². The van der Waals surface area contributed by atoms with E-state index in [9.17, 15) is 8.42 Å². The molecule has 1 aromatic rings. The van der Waals surface area contributed by atoms with Crippen molar-refractivity contribution in [2.45, 2.75) is 19.4 Å². The number of nitrogens with zero attached hydrogens (tertiary/aromatic N) is 3. The highest BCUT2D eigenvalue weighted by Gasteiger charge is 2.28. The topological polar surface area (TPSA) is 96.5 Å². The molecule has 0 amide bonds. The second-order valence-corrected chi connectivity index (χ2v) is 8.57. The van der Waals surface area contributed by atoms with Crippen LogP contribution < -0.4 is 10.6 Å². The van der Waals surface area contributed by atoms with Crippen LogP contribution in [0.25, 0.3) is 0 Å². The zero-order chi connectivity index (χ0) is 17.0. The highest BCUT2D eigenvalue weighted by molar-refractivity contribution is 7.91. The van der Waals surface area contributed by atoms with Crippen molar-refractivity contribution in [1.82, 2.24) is 14.9 Å². The summed E-state index contributed by atoms with van der Waals surface area (Å²) in [4.78, 5) is 11.2. The van der Waals surface area contributed by atoms with Crippen molar-refractivity contribution in [1.29, 1.82) is 0 Å². The molecule has 0 radical (unpaired) electrons. The van der Waals surface area contributed by atoms with Gasteiger partial charge in [-0.15, -0.1) is 0 Å². The third-order valence-electron chi connectivity index (χ3n) is 4.26. The van der Waals surface area contributed by atoms with E-state index in [2.05, 4.69) is 25.5 Å². The number of ether oxygens (including phenoxy) is 1. The Morgan fingerprint density at radius 2 is 2.12 bits per heavy atom. The Hall–Kier alpha value is -1.45. The van der Waals surface area contributed by atoms with E-state index < -0.39 is 9.84 Å². The summed E-state index contributed by atoms with van der Waals surface area (Å²) in [5.74, 6) is 1.65. The number of morpholine rings is 1. The maximum Gasteiger partial charge on any atom is 0.225 e. The monoisotopic (exact) mass is 355 g/mol. The predicted molar refractivity (Wildman–Crippen MR) is 93.2 cm³/mol. The second-order valence-electron chi connectivity index (χ2n) is 6.34. The van der Waals surface area contributed by atoms with Crippen LogP contribution in [0.5, 0.6) is 0 Å². The van der Waals surface area contributed by atoms with Gasteiger partial charge in [-0.1, -0.05) is 0 Å². The van der Waals surface area contributed by atoms with Gasteiger partial charge >= 0.3 is 0 Å². The molecule has 24 heavy (non-hydrogen) atoms. The summed E-state index contributed by atoms with van der Waals surface area (Å²) in [7, 11) is -2.91. The van der Waals surface area contributed by atoms with Crippen molar-refractivity contribution in [3.63, 3.8) is 0 Å². The summed E-state index contributed by atoms with van der Waals surface area (Å²) >= 11 is 0. The Bertz CT molecular complexity index is 661. The summed E-state index contributed by atoms with van der Waals surface area (Å²) in [5, 5.41) is 6.47. The van der Waals surface area contributed by atoms with Gasteiger partial charge in [0.2, 0.25) is 5.95 Å². The number of aromatic nitrogens is 2. The lowest BCUT2D eigenvalue weighted by Gasteiger charge is -2.26. The number of hydrogen-bond donors (Lipinski definition) is 2. The van der Waals surface area contributed by atoms with Crippen LogP contribution in [0.3, 0.4) is 0 Å². The molecule has 0 bridgehead atoms. The summed E-state index contributed by atoms with van der Waals surface area (Å²) in [6, 6.07) is 1.80. The summed E-state index contributed by atoms with van der Waals surface area (Å²) in [5.41, 5.74) is 0.849. The molecule has 0 spiro atoms. The van der Waals surface area contributed by atoms with Crippen LogP contribution >= 0.6 is 0 Å². The molecule has 1 unspecified atom stereocenters. The molecule has 3 heterocycles. The van der Waals surface area contributed by atoms with Gasteiger partial charge in [0.15, 0.2) is 9.84 Å². The quantitative estimate of drug-likeness (QED) is 0.743. The third-order valence-corrected chi connectivity index (χ3v) is 6.03. The molecule has 9 heteroatoms. The zero-order valence-electron chi connectivity index (χ0n) is 14.0. The van der Waals surface area contributed by atoms with Crippen LogP contribution in [-0.2, 0) is 14.6 Å². The second kappa shape index (κ2) is 7.62. The number of anilines is 2. The van der Waals surface area contributed by atoms with Crippen molar-refractivity contribution in [2.24, 2.45) is 0 Å². The van der Waals surface area contributed by atoms with Gasteiger partial charge in [0.1, 0.15) is 5.82 Å². The molecule has 8 nitrogen and oxygen atoms in total. The van der Waals surface area contributed by atoms with E-state index in [0.29, 0.717) is 12.4 Å². The molecule has 0 aromatic carbocycles. The van der Waals surface area contributed by atoms with Crippen molar-refractivity contribution in [2.75, 3.05) is 61.5 Å². The van der Waals surface area contributed by atoms with Crippen molar-refractivity contribution >= 4 is 21.6 Å². The predicted octanol–water partition coefficient (Wildman–Crippen LogP) is 0.128. The molecule has 0 saturated carbocycles. The van der Waals surface area contributed by atoms with E-state index in [1.165, 1.54) is 0 Å². The lowest BCUT2D eigenvalue weighted by molar-refractivity contribution is 0.0398. The highest BCUT2D eigenvalue weighted by Crippen LogP contribution is 2.17. The number of rotatable bonds is 6. The Labute approximate surface area is 142 Å². The minimum Gasteiger partial charge on any atom is -0.379 e. The van der Waals surface area contributed by atoms with Gasteiger partial charge in [0.05, 0.1) is 24.7 Å². The number of nitrogens with one attached hydrogen (secondary N) is 2. The Morgan fingerprint density at radius 1 is 1.33 bits per heavy atom. The van der Waals surface area contributed by atoms with Gasteiger partial charge in [-0.25, -0.2) is 13.4 Å². The van der Waals surface area contributed by atoms with Crippen LogP contribution in [0.2, 0.25) is 0 Å². The Balaban J connectivity index is 1.53. The fourth-order valence-electron chi connectivity index (χ4n) is 2.98.